The number of anilines is 1. The number of aryl methyl sites for hydroxylation is 1. The fraction of sp³-hybridized carbons (Fsp3) is 0.562. The minimum atomic E-state index is -0.454. The standard InChI is InChI=1S/C32H44N2O3/c1-4-37-32(36)29(20-16-24-10-6-5-7-11-24)33-28-21-19-27-12-8-9-13-30(27)34(31(28)35)22-25-14-17-26(18-15-25)23(2)3/h8-9,12-15,17-18,23-24,28-29,33H,4-7,10-11,16,19-22H2,1-3H3. The van der Waals surface area contributed by atoms with E-state index in [1.807, 2.05) is 30.0 Å². The minimum Gasteiger partial charge on any atom is -0.465 e. The summed E-state index contributed by atoms with van der Waals surface area (Å²) in [5.74, 6) is 0.942. The number of ether oxygens (including phenoxy) is 1. The van der Waals surface area contributed by atoms with Crippen LogP contribution in [0.3, 0.4) is 0 Å². The van der Waals surface area contributed by atoms with Gasteiger partial charge in [-0.1, -0.05) is 88.4 Å². The summed E-state index contributed by atoms with van der Waals surface area (Å²) < 4.78 is 5.44. The van der Waals surface area contributed by atoms with Crippen LogP contribution in [0.4, 0.5) is 5.69 Å². The van der Waals surface area contributed by atoms with Crippen molar-refractivity contribution in [3.05, 3.63) is 65.2 Å². The molecule has 1 fully saturated rings. The third kappa shape index (κ3) is 7.22. The van der Waals surface area contributed by atoms with Gasteiger partial charge in [0.1, 0.15) is 6.04 Å². The molecule has 2 aliphatic rings. The molecule has 1 amide bonds. The average molecular weight is 505 g/mol. The zero-order chi connectivity index (χ0) is 26.2. The summed E-state index contributed by atoms with van der Waals surface area (Å²) in [6.07, 6.45) is 9.57. The van der Waals surface area contributed by atoms with Crippen molar-refractivity contribution in [2.75, 3.05) is 11.5 Å². The van der Waals surface area contributed by atoms with Gasteiger partial charge in [-0.05, 0) is 67.2 Å². The molecule has 0 spiro atoms. The van der Waals surface area contributed by atoms with E-state index in [1.165, 1.54) is 43.2 Å². The van der Waals surface area contributed by atoms with Crippen molar-refractivity contribution in [1.82, 2.24) is 5.32 Å². The van der Waals surface area contributed by atoms with Crippen LogP contribution >= 0.6 is 0 Å². The number of amides is 1. The van der Waals surface area contributed by atoms with Crippen molar-refractivity contribution in [2.24, 2.45) is 5.92 Å². The van der Waals surface area contributed by atoms with E-state index in [0.29, 0.717) is 31.4 Å². The number of hydrogen-bond acceptors (Lipinski definition) is 4. The molecular formula is C32H44N2O3. The Morgan fingerprint density at radius 1 is 1.03 bits per heavy atom. The van der Waals surface area contributed by atoms with Crippen LogP contribution in [0.1, 0.15) is 94.7 Å². The number of para-hydroxylation sites is 1. The summed E-state index contributed by atoms with van der Waals surface area (Å²) in [7, 11) is 0. The van der Waals surface area contributed by atoms with Crippen LogP contribution in [-0.2, 0) is 27.3 Å². The highest BCUT2D eigenvalue weighted by Gasteiger charge is 2.34. The molecule has 0 saturated heterocycles. The van der Waals surface area contributed by atoms with E-state index in [4.69, 9.17) is 4.74 Å². The molecule has 1 saturated carbocycles. The van der Waals surface area contributed by atoms with Crippen molar-refractivity contribution in [1.29, 1.82) is 0 Å². The monoisotopic (exact) mass is 504 g/mol. The zero-order valence-electron chi connectivity index (χ0n) is 22.9. The van der Waals surface area contributed by atoms with Crippen LogP contribution < -0.4 is 10.2 Å². The highest BCUT2D eigenvalue weighted by atomic mass is 16.5. The molecule has 1 heterocycles. The predicted molar refractivity (Wildman–Crippen MR) is 150 cm³/mol. The quantitative estimate of drug-likeness (QED) is 0.373. The number of rotatable bonds is 10. The summed E-state index contributed by atoms with van der Waals surface area (Å²) in [5.41, 5.74) is 4.54. The molecular weight excluding hydrogens is 460 g/mol. The Hall–Kier alpha value is -2.66. The molecule has 0 radical (unpaired) electrons. The molecule has 2 aromatic carbocycles. The van der Waals surface area contributed by atoms with E-state index in [9.17, 15) is 9.59 Å². The second kappa shape index (κ2) is 13.2. The summed E-state index contributed by atoms with van der Waals surface area (Å²) in [4.78, 5) is 28.9. The van der Waals surface area contributed by atoms with Crippen LogP contribution in [-0.4, -0.2) is 30.6 Å². The highest BCUT2D eigenvalue weighted by molar-refractivity contribution is 5.99. The van der Waals surface area contributed by atoms with Gasteiger partial charge in [-0.25, -0.2) is 0 Å². The van der Waals surface area contributed by atoms with Gasteiger partial charge in [-0.2, -0.15) is 0 Å². The smallest absolute Gasteiger partial charge is 0.323 e. The van der Waals surface area contributed by atoms with Crippen LogP contribution in [0, 0.1) is 5.92 Å². The molecule has 2 unspecified atom stereocenters. The molecule has 0 aromatic heterocycles. The SMILES string of the molecule is CCOC(=O)C(CCC1CCCCC1)NC1CCc2ccccc2N(Cc2ccc(C(C)C)cc2)C1=O. The van der Waals surface area contributed by atoms with Crippen LogP contribution in [0.15, 0.2) is 48.5 Å². The molecule has 2 aromatic rings. The summed E-state index contributed by atoms with van der Waals surface area (Å²) >= 11 is 0. The van der Waals surface area contributed by atoms with Gasteiger partial charge in [-0.3, -0.25) is 14.9 Å². The maximum atomic E-state index is 14.0. The normalized spacial score (nSPS) is 19.4. The summed E-state index contributed by atoms with van der Waals surface area (Å²) in [5, 5.41) is 3.48. The number of fused-ring (bicyclic) bond motifs is 1. The molecule has 4 rings (SSSR count). The van der Waals surface area contributed by atoms with Gasteiger partial charge in [0, 0.05) is 5.69 Å². The first-order valence-corrected chi connectivity index (χ1v) is 14.4. The van der Waals surface area contributed by atoms with Gasteiger partial charge < -0.3 is 9.64 Å². The molecule has 2 atom stereocenters. The lowest BCUT2D eigenvalue weighted by Gasteiger charge is -2.29. The Morgan fingerprint density at radius 3 is 2.46 bits per heavy atom. The van der Waals surface area contributed by atoms with Gasteiger partial charge in [0.05, 0.1) is 19.2 Å². The molecule has 1 aliphatic carbocycles. The Labute approximate surface area is 223 Å². The van der Waals surface area contributed by atoms with Gasteiger partial charge in [-0.15, -0.1) is 0 Å². The number of carbonyl (C=O) groups is 2. The highest BCUT2D eigenvalue weighted by Crippen LogP contribution is 2.31. The van der Waals surface area contributed by atoms with Gasteiger partial charge >= 0.3 is 5.97 Å². The lowest BCUT2D eigenvalue weighted by atomic mass is 9.85. The van der Waals surface area contributed by atoms with E-state index in [-0.39, 0.29) is 11.9 Å². The van der Waals surface area contributed by atoms with Crippen LogP contribution in [0.25, 0.3) is 0 Å². The lowest BCUT2D eigenvalue weighted by Crippen LogP contribution is -2.52. The average Bonchev–Trinajstić information content (AvgIpc) is 3.04. The number of hydrogen-bond donors (Lipinski definition) is 1. The summed E-state index contributed by atoms with van der Waals surface area (Å²) in [6.45, 7) is 7.08. The minimum absolute atomic E-state index is 0.0323. The van der Waals surface area contributed by atoms with Crippen molar-refractivity contribution < 1.29 is 14.3 Å². The maximum Gasteiger partial charge on any atom is 0.323 e. The first kappa shape index (κ1) is 27.4. The Morgan fingerprint density at radius 2 is 1.76 bits per heavy atom. The van der Waals surface area contributed by atoms with Crippen LogP contribution in [0.5, 0.6) is 0 Å². The number of nitrogens with one attached hydrogen (secondary N) is 1. The largest absolute Gasteiger partial charge is 0.465 e. The number of benzene rings is 2. The van der Waals surface area contributed by atoms with Gasteiger partial charge in [0.2, 0.25) is 5.91 Å². The van der Waals surface area contributed by atoms with Crippen molar-refractivity contribution >= 4 is 17.6 Å². The van der Waals surface area contributed by atoms with E-state index in [2.05, 4.69) is 49.5 Å². The first-order valence-electron chi connectivity index (χ1n) is 14.4. The van der Waals surface area contributed by atoms with E-state index in [0.717, 1.165) is 30.5 Å². The second-order valence-corrected chi connectivity index (χ2v) is 11.1. The predicted octanol–water partition coefficient (Wildman–Crippen LogP) is 6.54. The van der Waals surface area contributed by atoms with Crippen molar-refractivity contribution in [3.8, 4) is 0 Å². The first-order chi connectivity index (χ1) is 18.0. The Kier molecular flexibility index (Phi) is 9.79. The van der Waals surface area contributed by atoms with Crippen molar-refractivity contribution in [3.63, 3.8) is 0 Å². The molecule has 0 bridgehead atoms. The van der Waals surface area contributed by atoms with Gasteiger partial charge in [0.25, 0.3) is 0 Å². The third-order valence-corrected chi connectivity index (χ3v) is 8.10. The van der Waals surface area contributed by atoms with E-state index < -0.39 is 12.1 Å². The van der Waals surface area contributed by atoms with Crippen molar-refractivity contribution in [2.45, 2.75) is 103 Å². The van der Waals surface area contributed by atoms with E-state index >= 15 is 0 Å². The van der Waals surface area contributed by atoms with Gasteiger partial charge in [0.15, 0.2) is 0 Å². The molecule has 1 aliphatic heterocycles. The maximum absolute atomic E-state index is 14.0. The fourth-order valence-corrected chi connectivity index (χ4v) is 5.86. The number of carbonyl (C=O) groups excluding carboxylic acids is 2. The molecule has 37 heavy (non-hydrogen) atoms. The lowest BCUT2D eigenvalue weighted by molar-refractivity contribution is -0.146. The second-order valence-electron chi connectivity index (χ2n) is 11.1. The molecule has 5 nitrogen and oxygen atoms in total. The fourth-order valence-electron chi connectivity index (χ4n) is 5.86. The third-order valence-electron chi connectivity index (χ3n) is 8.10. The topological polar surface area (TPSA) is 58.6 Å². The zero-order valence-corrected chi connectivity index (χ0v) is 22.9. The molecule has 1 N–H and O–H groups in total. The van der Waals surface area contributed by atoms with Crippen LogP contribution in [0.2, 0.25) is 0 Å². The number of esters is 1. The Bertz CT molecular complexity index is 1030. The Balaban J connectivity index is 1.53. The summed E-state index contributed by atoms with van der Waals surface area (Å²) in [6, 6.07) is 15.9. The molecule has 200 valence electrons. The van der Waals surface area contributed by atoms with E-state index in [1.54, 1.807) is 0 Å². The molecule has 5 heteroatoms. The number of nitrogens with zero attached hydrogens (tertiary/aromatic N) is 1.